The van der Waals surface area contributed by atoms with Crippen LogP contribution in [-0.4, -0.2) is 37.2 Å². The third-order valence-electron chi connectivity index (χ3n) is 15.4. The third-order valence-corrected chi connectivity index (χ3v) is 15.4. The first kappa shape index (κ1) is 70.4. The summed E-state index contributed by atoms with van der Waals surface area (Å²) in [4.78, 5) is 37.9. The maximum absolute atomic E-state index is 12.8. The molecular weight excluding hydrogens is 889 g/mol. The van der Waals surface area contributed by atoms with Gasteiger partial charge in [-0.25, -0.2) is 0 Å². The average Bonchev–Trinajstić information content (AvgIpc) is 3.38. The zero-order valence-electron chi connectivity index (χ0n) is 49.2. The Morgan fingerprint density at radius 1 is 0.222 bits per heavy atom. The molecule has 0 aromatic carbocycles. The fraction of sp³-hybridized carbons (Fsp3) is 0.955. The van der Waals surface area contributed by atoms with Crippen LogP contribution in [0.25, 0.3) is 0 Å². The van der Waals surface area contributed by atoms with Gasteiger partial charge in [-0.2, -0.15) is 0 Å². The van der Waals surface area contributed by atoms with Crippen LogP contribution in [0.2, 0.25) is 0 Å². The molecule has 0 radical (unpaired) electrons. The summed E-state index contributed by atoms with van der Waals surface area (Å²) in [5.74, 6) is -0.846. The van der Waals surface area contributed by atoms with Crippen molar-refractivity contribution >= 4 is 17.9 Å². The summed E-state index contributed by atoms with van der Waals surface area (Å²) in [5, 5.41) is 0. The Morgan fingerprint density at radius 2 is 0.375 bits per heavy atom. The minimum atomic E-state index is -0.759. The maximum Gasteiger partial charge on any atom is 0.306 e. The van der Waals surface area contributed by atoms with Crippen molar-refractivity contribution in [3.05, 3.63) is 0 Å². The Hall–Kier alpha value is -1.59. The summed E-state index contributed by atoms with van der Waals surface area (Å²) in [5.41, 5.74) is 0. The van der Waals surface area contributed by atoms with Gasteiger partial charge in [0.25, 0.3) is 0 Å². The molecule has 0 heterocycles. The predicted octanol–water partition coefficient (Wildman–Crippen LogP) is 22.3. The molecule has 0 aromatic rings. The molecule has 0 aliphatic heterocycles. The molecule has 1 unspecified atom stereocenters. The van der Waals surface area contributed by atoms with E-state index in [1.54, 1.807) is 0 Å². The average molecular weight is 1020 g/mol. The lowest BCUT2D eigenvalue weighted by molar-refractivity contribution is -0.167. The Kier molecular flexibility index (Phi) is 60.6. The van der Waals surface area contributed by atoms with E-state index in [-0.39, 0.29) is 31.1 Å². The monoisotopic (exact) mass is 1020 g/mol. The van der Waals surface area contributed by atoms with E-state index in [4.69, 9.17) is 14.2 Å². The number of esters is 3. The lowest BCUT2D eigenvalue weighted by Gasteiger charge is -2.18. The number of carbonyl (C=O) groups is 3. The molecule has 0 aliphatic carbocycles. The fourth-order valence-electron chi connectivity index (χ4n) is 10.4. The summed E-state index contributed by atoms with van der Waals surface area (Å²) in [7, 11) is 0. The van der Waals surface area contributed by atoms with Crippen LogP contribution in [0.1, 0.15) is 387 Å². The molecule has 0 saturated heterocycles. The van der Waals surface area contributed by atoms with E-state index < -0.39 is 6.10 Å². The van der Waals surface area contributed by atoms with Crippen molar-refractivity contribution in [1.29, 1.82) is 0 Å². The second kappa shape index (κ2) is 62.0. The van der Waals surface area contributed by atoms with Gasteiger partial charge in [-0.1, -0.05) is 348 Å². The third kappa shape index (κ3) is 59.3. The fourth-order valence-corrected chi connectivity index (χ4v) is 10.4. The molecule has 72 heavy (non-hydrogen) atoms. The van der Waals surface area contributed by atoms with Crippen molar-refractivity contribution in [2.24, 2.45) is 0 Å². The van der Waals surface area contributed by atoms with Gasteiger partial charge in [0.1, 0.15) is 13.2 Å². The van der Waals surface area contributed by atoms with Crippen molar-refractivity contribution < 1.29 is 28.6 Å². The van der Waals surface area contributed by atoms with Gasteiger partial charge in [0.15, 0.2) is 6.10 Å². The lowest BCUT2D eigenvalue weighted by atomic mass is 10.0. The normalized spacial score (nSPS) is 11.9. The van der Waals surface area contributed by atoms with Crippen LogP contribution in [0, 0.1) is 0 Å². The maximum atomic E-state index is 12.8. The SMILES string of the molecule is CCCCCCCCCCCCCCCCCCCCCCCCCCCCCCCCCCCCCC(=O)OCC(COC(=O)CCCCCCCC)OC(=O)CCCCCCCCCCCCCCC. The number of hydrogen-bond acceptors (Lipinski definition) is 6. The quantitative estimate of drug-likeness (QED) is 0.0343. The van der Waals surface area contributed by atoms with Crippen LogP contribution in [-0.2, 0) is 28.6 Å². The van der Waals surface area contributed by atoms with Crippen LogP contribution in [0.5, 0.6) is 0 Å². The van der Waals surface area contributed by atoms with Gasteiger partial charge < -0.3 is 14.2 Å². The van der Waals surface area contributed by atoms with Gasteiger partial charge in [-0.15, -0.1) is 0 Å². The van der Waals surface area contributed by atoms with Gasteiger partial charge >= 0.3 is 17.9 Å². The molecule has 0 aliphatic rings. The highest BCUT2D eigenvalue weighted by Crippen LogP contribution is 2.19. The van der Waals surface area contributed by atoms with E-state index in [1.165, 1.54) is 289 Å². The zero-order valence-corrected chi connectivity index (χ0v) is 49.2. The van der Waals surface area contributed by atoms with Gasteiger partial charge in [0, 0.05) is 19.3 Å². The van der Waals surface area contributed by atoms with Gasteiger partial charge in [0.2, 0.25) is 0 Å². The highest BCUT2D eigenvalue weighted by molar-refractivity contribution is 5.71. The van der Waals surface area contributed by atoms with Crippen molar-refractivity contribution in [3.8, 4) is 0 Å². The summed E-state index contributed by atoms with van der Waals surface area (Å²) in [6.07, 6.45) is 71.9. The first-order valence-electron chi connectivity index (χ1n) is 33.0. The van der Waals surface area contributed by atoms with Gasteiger partial charge in [0.05, 0.1) is 0 Å². The van der Waals surface area contributed by atoms with Crippen molar-refractivity contribution in [2.75, 3.05) is 13.2 Å². The zero-order chi connectivity index (χ0) is 52.2. The molecule has 0 spiro atoms. The van der Waals surface area contributed by atoms with E-state index in [9.17, 15) is 14.4 Å². The number of rotatable bonds is 62. The first-order chi connectivity index (χ1) is 35.5. The molecule has 0 saturated carbocycles. The van der Waals surface area contributed by atoms with Crippen LogP contribution in [0.15, 0.2) is 0 Å². The highest BCUT2D eigenvalue weighted by Gasteiger charge is 2.19. The molecule has 0 aromatic heterocycles. The smallest absolute Gasteiger partial charge is 0.306 e. The molecule has 428 valence electrons. The standard InChI is InChI=1S/C66H128O6/c1-4-7-10-13-16-18-20-22-23-24-25-26-27-28-29-30-31-32-33-34-35-36-37-38-39-40-41-42-43-45-46-48-50-53-56-59-65(68)71-62-63(61-70-64(67)58-55-52-15-12-9-6-3)72-66(69)60-57-54-51-49-47-44-21-19-17-14-11-8-5-2/h63H,4-62H2,1-3H3. The molecule has 1 atom stereocenters. The largest absolute Gasteiger partial charge is 0.462 e. The van der Waals surface area contributed by atoms with Crippen LogP contribution < -0.4 is 0 Å². The summed E-state index contributed by atoms with van der Waals surface area (Å²) >= 11 is 0. The van der Waals surface area contributed by atoms with Crippen molar-refractivity contribution in [1.82, 2.24) is 0 Å². The molecule has 0 rings (SSSR count). The lowest BCUT2D eigenvalue weighted by Crippen LogP contribution is -2.30. The Bertz CT molecular complexity index is 1080. The summed E-state index contributed by atoms with van der Waals surface area (Å²) < 4.78 is 16.8. The van der Waals surface area contributed by atoms with Crippen molar-refractivity contribution in [2.45, 2.75) is 393 Å². The summed E-state index contributed by atoms with van der Waals surface area (Å²) in [6, 6.07) is 0. The number of carbonyl (C=O) groups excluding carboxylic acids is 3. The molecule has 6 heteroatoms. The molecule has 0 bridgehead atoms. The molecule has 0 amide bonds. The Labute approximate surface area is 450 Å². The van der Waals surface area contributed by atoms with E-state index in [0.717, 1.165) is 57.8 Å². The Balaban J connectivity index is 3.80. The van der Waals surface area contributed by atoms with Crippen LogP contribution >= 0.6 is 0 Å². The van der Waals surface area contributed by atoms with E-state index in [0.29, 0.717) is 19.3 Å². The summed E-state index contributed by atoms with van der Waals surface area (Å²) in [6.45, 7) is 6.64. The molecular formula is C66H128O6. The molecule has 0 N–H and O–H groups in total. The van der Waals surface area contributed by atoms with Crippen molar-refractivity contribution in [3.63, 3.8) is 0 Å². The minimum absolute atomic E-state index is 0.0623. The highest BCUT2D eigenvalue weighted by atomic mass is 16.6. The Morgan fingerprint density at radius 3 is 0.556 bits per heavy atom. The second-order valence-corrected chi connectivity index (χ2v) is 22.8. The minimum Gasteiger partial charge on any atom is -0.462 e. The number of hydrogen-bond donors (Lipinski definition) is 0. The van der Waals surface area contributed by atoms with Gasteiger partial charge in [-0.3, -0.25) is 14.4 Å². The van der Waals surface area contributed by atoms with E-state index in [2.05, 4.69) is 20.8 Å². The topological polar surface area (TPSA) is 78.9 Å². The van der Waals surface area contributed by atoms with Crippen LogP contribution in [0.3, 0.4) is 0 Å². The number of ether oxygens (including phenoxy) is 3. The van der Waals surface area contributed by atoms with Crippen LogP contribution in [0.4, 0.5) is 0 Å². The molecule has 6 nitrogen and oxygen atoms in total. The predicted molar refractivity (Wildman–Crippen MR) is 312 cm³/mol. The van der Waals surface area contributed by atoms with Gasteiger partial charge in [-0.05, 0) is 19.3 Å². The number of unbranched alkanes of at least 4 members (excludes halogenated alkanes) is 51. The van der Waals surface area contributed by atoms with E-state index >= 15 is 0 Å². The molecule has 0 fully saturated rings. The van der Waals surface area contributed by atoms with E-state index in [1.807, 2.05) is 0 Å². The first-order valence-corrected chi connectivity index (χ1v) is 33.0. The second-order valence-electron chi connectivity index (χ2n) is 22.8.